The lowest BCUT2D eigenvalue weighted by Gasteiger charge is -2.09. The van der Waals surface area contributed by atoms with Gasteiger partial charge in [0.05, 0.1) is 12.3 Å². The first-order valence-corrected chi connectivity index (χ1v) is 8.14. The normalized spacial score (nSPS) is 11.3. The number of aromatic carboxylic acids is 1. The minimum absolute atomic E-state index is 0.155. The second-order valence-electron chi connectivity index (χ2n) is 5.90. The molecule has 1 aromatic carbocycles. The summed E-state index contributed by atoms with van der Waals surface area (Å²) in [6, 6.07) is 7.92. The van der Waals surface area contributed by atoms with Crippen molar-refractivity contribution in [2.75, 3.05) is 13.7 Å². The number of ether oxygens (including phenoxy) is 1. The summed E-state index contributed by atoms with van der Waals surface area (Å²) in [6.45, 7) is 0.329. The van der Waals surface area contributed by atoms with Crippen molar-refractivity contribution in [1.29, 1.82) is 0 Å². The lowest BCUT2D eigenvalue weighted by molar-refractivity contribution is 0.0687. The molecule has 0 spiro atoms. The van der Waals surface area contributed by atoms with Crippen molar-refractivity contribution in [1.82, 2.24) is 9.97 Å². The predicted octanol–water partition coefficient (Wildman–Crippen LogP) is 3.42. The Morgan fingerprint density at radius 3 is 2.67 bits per heavy atom. The number of fused-ring (bicyclic) bond motifs is 1. The fraction of sp³-hybridized carbons (Fsp3) is 0.150. The highest BCUT2D eigenvalue weighted by atomic mass is 19.1. The van der Waals surface area contributed by atoms with Crippen molar-refractivity contribution in [3.05, 3.63) is 70.9 Å². The lowest BCUT2D eigenvalue weighted by Crippen LogP contribution is -2.04. The summed E-state index contributed by atoms with van der Waals surface area (Å²) >= 11 is 0. The van der Waals surface area contributed by atoms with Gasteiger partial charge in [-0.2, -0.15) is 0 Å². The van der Waals surface area contributed by atoms with Crippen LogP contribution in [0.2, 0.25) is 0 Å². The van der Waals surface area contributed by atoms with Crippen LogP contribution in [-0.2, 0) is 11.2 Å². The molecular formula is C20H17FN2O4. The van der Waals surface area contributed by atoms with Gasteiger partial charge in [0.25, 0.3) is 0 Å². The number of pyridine rings is 2. The van der Waals surface area contributed by atoms with Crippen molar-refractivity contribution >= 4 is 22.9 Å². The molecule has 0 aliphatic heterocycles. The van der Waals surface area contributed by atoms with E-state index >= 15 is 0 Å². The smallest absolute Gasteiger partial charge is 0.358 e. The monoisotopic (exact) mass is 368 g/mol. The van der Waals surface area contributed by atoms with E-state index in [1.54, 1.807) is 36.5 Å². The van der Waals surface area contributed by atoms with Gasteiger partial charge in [0.2, 0.25) is 0 Å². The largest absolute Gasteiger partial charge is 0.504 e. The molecule has 2 heterocycles. The average Bonchev–Trinajstić information content (AvgIpc) is 2.65. The molecular weight excluding hydrogens is 351 g/mol. The van der Waals surface area contributed by atoms with Crippen molar-refractivity contribution in [2.24, 2.45) is 0 Å². The Kier molecular flexibility index (Phi) is 5.42. The van der Waals surface area contributed by atoms with Gasteiger partial charge >= 0.3 is 5.97 Å². The Hall–Kier alpha value is -3.32. The molecule has 7 heteroatoms. The molecule has 0 amide bonds. The van der Waals surface area contributed by atoms with E-state index in [4.69, 9.17) is 4.74 Å². The van der Waals surface area contributed by atoms with Gasteiger partial charge in [-0.3, -0.25) is 4.98 Å². The van der Waals surface area contributed by atoms with E-state index in [1.807, 2.05) is 0 Å². The van der Waals surface area contributed by atoms with Crippen LogP contribution in [0.1, 0.15) is 27.3 Å². The molecule has 3 aromatic rings. The molecule has 6 nitrogen and oxygen atoms in total. The van der Waals surface area contributed by atoms with E-state index in [-0.39, 0.29) is 11.3 Å². The van der Waals surface area contributed by atoms with Crippen molar-refractivity contribution < 1.29 is 24.1 Å². The van der Waals surface area contributed by atoms with E-state index in [2.05, 4.69) is 9.97 Å². The molecule has 138 valence electrons. The summed E-state index contributed by atoms with van der Waals surface area (Å²) in [6.07, 6.45) is 5.38. The standard InChI is InChI=1S/C20H17FN2O4/c1-27-8-2-3-16-15-10-13(9-12-4-6-14(21)7-5-12)11-22-17(15)19(24)18(23-16)20(25)26/h2-7,10-11,24H,8-9H2,1H3,(H,25,26)/b3-2+. The number of hydrogen-bond donors (Lipinski definition) is 2. The Morgan fingerprint density at radius 1 is 1.26 bits per heavy atom. The SMILES string of the molecule is COC/C=C/c1nc(C(=O)O)c(O)c2ncc(Cc3ccc(F)cc3)cc12. The Morgan fingerprint density at radius 2 is 2.00 bits per heavy atom. The zero-order valence-corrected chi connectivity index (χ0v) is 14.5. The molecule has 2 N–H and O–H groups in total. The van der Waals surface area contributed by atoms with Crippen molar-refractivity contribution in [2.45, 2.75) is 6.42 Å². The maximum atomic E-state index is 13.1. The minimum Gasteiger partial charge on any atom is -0.504 e. The van der Waals surface area contributed by atoms with Crippen LogP contribution in [0.3, 0.4) is 0 Å². The summed E-state index contributed by atoms with van der Waals surface area (Å²) in [7, 11) is 1.54. The van der Waals surface area contributed by atoms with E-state index in [1.165, 1.54) is 19.2 Å². The third-order valence-electron chi connectivity index (χ3n) is 3.96. The second kappa shape index (κ2) is 7.92. The summed E-state index contributed by atoms with van der Waals surface area (Å²) in [4.78, 5) is 19.6. The molecule has 0 saturated heterocycles. The number of benzene rings is 1. The van der Waals surface area contributed by atoms with E-state index in [9.17, 15) is 19.4 Å². The van der Waals surface area contributed by atoms with Crippen LogP contribution in [0.25, 0.3) is 17.0 Å². The van der Waals surface area contributed by atoms with E-state index in [0.29, 0.717) is 24.1 Å². The zero-order valence-electron chi connectivity index (χ0n) is 14.5. The average molecular weight is 368 g/mol. The number of nitrogens with zero attached hydrogens (tertiary/aromatic N) is 2. The lowest BCUT2D eigenvalue weighted by atomic mass is 10.0. The minimum atomic E-state index is -1.34. The second-order valence-corrected chi connectivity index (χ2v) is 5.90. The van der Waals surface area contributed by atoms with Crippen molar-refractivity contribution in [3.63, 3.8) is 0 Å². The first kappa shape index (κ1) is 18.5. The number of methoxy groups -OCH3 is 1. The molecule has 0 bridgehead atoms. The Balaban J connectivity index is 2.09. The maximum Gasteiger partial charge on any atom is 0.358 e. The fourth-order valence-electron chi connectivity index (χ4n) is 2.70. The van der Waals surface area contributed by atoms with Crippen molar-refractivity contribution in [3.8, 4) is 5.75 Å². The third kappa shape index (κ3) is 4.09. The molecule has 0 fully saturated rings. The number of carboxylic acids is 1. The summed E-state index contributed by atoms with van der Waals surface area (Å²) in [5, 5.41) is 20.0. The predicted molar refractivity (Wildman–Crippen MR) is 98.3 cm³/mol. The molecule has 0 radical (unpaired) electrons. The Bertz CT molecular complexity index is 1020. The number of halogens is 1. The quantitative estimate of drug-likeness (QED) is 0.693. The van der Waals surface area contributed by atoms with Crippen LogP contribution in [0.4, 0.5) is 4.39 Å². The highest BCUT2D eigenvalue weighted by molar-refractivity contribution is 5.99. The van der Waals surface area contributed by atoms with Crippen LogP contribution in [0.5, 0.6) is 5.75 Å². The van der Waals surface area contributed by atoms with E-state index in [0.717, 1.165) is 11.1 Å². The van der Waals surface area contributed by atoms with Gasteiger partial charge in [-0.1, -0.05) is 18.2 Å². The highest BCUT2D eigenvalue weighted by Gasteiger charge is 2.19. The van der Waals surface area contributed by atoms with Crippen LogP contribution < -0.4 is 0 Å². The van der Waals surface area contributed by atoms with Gasteiger partial charge < -0.3 is 14.9 Å². The van der Waals surface area contributed by atoms with Gasteiger partial charge in [0.1, 0.15) is 11.3 Å². The number of carbonyl (C=O) groups is 1. The molecule has 2 aromatic heterocycles. The van der Waals surface area contributed by atoms with Crippen LogP contribution in [0, 0.1) is 5.82 Å². The molecule has 0 unspecified atom stereocenters. The highest BCUT2D eigenvalue weighted by Crippen LogP contribution is 2.30. The molecule has 3 rings (SSSR count). The van der Waals surface area contributed by atoms with Gasteiger partial charge in [-0.05, 0) is 41.8 Å². The molecule has 27 heavy (non-hydrogen) atoms. The number of aromatic nitrogens is 2. The first-order chi connectivity index (χ1) is 13.0. The Labute approximate surface area is 154 Å². The number of carboxylic acid groups (broad SMARTS) is 1. The molecule has 0 aliphatic rings. The van der Waals surface area contributed by atoms with Gasteiger partial charge in [-0.25, -0.2) is 14.2 Å². The van der Waals surface area contributed by atoms with E-state index < -0.39 is 17.4 Å². The molecule has 0 aliphatic carbocycles. The van der Waals surface area contributed by atoms with Gasteiger partial charge in [0, 0.05) is 18.7 Å². The van der Waals surface area contributed by atoms with Crippen LogP contribution in [-0.4, -0.2) is 39.9 Å². The van der Waals surface area contributed by atoms with Gasteiger partial charge in [-0.15, -0.1) is 0 Å². The van der Waals surface area contributed by atoms with Crippen LogP contribution in [0.15, 0.2) is 42.6 Å². The zero-order chi connectivity index (χ0) is 19.4. The number of hydrogen-bond acceptors (Lipinski definition) is 5. The summed E-state index contributed by atoms with van der Waals surface area (Å²) < 4.78 is 18.0. The number of aromatic hydroxyl groups is 1. The van der Waals surface area contributed by atoms with Gasteiger partial charge in [0.15, 0.2) is 11.4 Å². The first-order valence-electron chi connectivity index (χ1n) is 8.14. The van der Waals surface area contributed by atoms with Crippen LogP contribution >= 0.6 is 0 Å². The summed E-state index contributed by atoms with van der Waals surface area (Å²) in [5.41, 5.74) is 1.78. The maximum absolute atomic E-state index is 13.1. The molecule has 0 saturated carbocycles. The molecule has 0 atom stereocenters. The topological polar surface area (TPSA) is 92.5 Å². The number of rotatable bonds is 6. The fourth-order valence-corrected chi connectivity index (χ4v) is 2.70. The third-order valence-corrected chi connectivity index (χ3v) is 3.96. The summed E-state index contributed by atoms with van der Waals surface area (Å²) in [5.74, 6) is -2.13.